The Morgan fingerprint density at radius 1 is 1.23 bits per heavy atom. The van der Waals surface area contributed by atoms with E-state index in [-0.39, 0.29) is 0 Å². The summed E-state index contributed by atoms with van der Waals surface area (Å²) in [4.78, 5) is 0. The number of aryl methyl sites for hydroxylation is 1. The van der Waals surface area contributed by atoms with Crippen molar-refractivity contribution in [2.24, 2.45) is 5.92 Å². The Kier molecular flexibility index (Phi) is 5.14. The average molecular weight is 241 g/mol. The summed E-state index contributed by atoms with van der Waals surface area (Å²) < 4.78 is 0. The SMILES string of the molecule is CCC(CBr)CCc1ccccc1. The molecule has 0 bridgehead atoms. The van der Waals surface area contributed by atoms with Crippen LogP contribution in [0.5, 0.6) is 0 Å². The van der Waals surface area contributed by atoms with E-state index in [1.807, 2.05) is 0 Å². The molecule has 1 aromatic rings. The molecule has 0 nitrogen and oxygen atoms in total. The predicted molar refractivity (Wildman–Crippen MR) is 62.3 cm³/mol. The number of benzene rings is 1. The molecule has 0 spiro atoms. The van der Waals surface area contributed by atoms with Gasteiger partial charge in [0.15, 0.2) is 0 Å². The normalized spacial score (nSPS) is 12.8. The molecule has 1 atom stereocenters. The molecule has 0 fully saturated rings. The van der Waals surface area contributed by atoms with Crippen LogP contribution in [0, 0.1) is 5.92 Å². The van der Waals surface area contributed by atoms with E-state index in [0.717, 1.165) is 11.2 Å². The largest absolute Gasteiger partial charge is 0.0925 e. The maximum atomic E-state index is 3.55. The highest BCUT2D eigenvalue weighted by atomic mass is 79.9. The van der Waals surface area contributed by atoms with Crippen molar-refractivity contribution in [3.8, 4) is 0 Å². The van der Waals surface area contributed by atoms with E-state index < -0.39 is 0 Å². The summed E-state index contributed by atoms with van der Waals surface area (Å²) in [6.07, 6.45) is 3.79. The molecule has 0 aliphatic heterocycles. The third-order valence-electron chi connectivity index (χ3n) is 2.48. The molecule has 0 saturated carbocycles. The van der Waals surface area contributed by atoms with Crippen LogP contribution in [0.25, 0.3) is 0 Å². The zero-order valence-electron chi connectivity index (χ0n) is 8.17. The Bertz CT molecular complexity index is 214. The molecule has 0 aromatic heterocycles. The Morgan fingerprint density at radius 3 is 2.46 bits per heavy atom. The molecule has 0 amide bonds. The lowest BCUT2D eigenvalue weighted by Gasteiger charge is -2.10. The van der Waals surface area contributed by atoms with E-state index in [1.54, 1.807) is 0 Å². The van der Waals surface area contributed by atoms with Crippen LogP contribution >= 0.6 is 15.9 Å². The number of rotatable bonds is 5. The first kappa shape index (κ1) is 10.8. The summed E-state index contributed by atoms with van der Waals surface area (Å²) in [5, 5.41) is 1.14. The third-order valence-corrected chi connectivity index (χ3v) is 3.40. The summed E-state index contributed by atoms with van der Waals surface area (Å²) in [6.45, 7) is 2.26. The minimum absolute atomic E-state index is 0.834. The Balaban J connectivity index is 2.34. The van der Waals surface area contributed by atoms with Gasteiger partial charge >= 0.3 is 0 Å². The maximum Gasteiger partial charge on any atom is 0.00596 e. The molecule has 1 unspecified atom stereocenters. The van der Waals surface area contributed by atoms with Gasteiger partial charge in [-0.1, -0.05) is 59.6 Å². The molecular weight excluding hydrogens is 224 g/mol. The van der Waals surface area contributed by atoms with E-state index in [1.165, 1.54) is 24.8 Å². The van der Waals surface area contributed by atoms with Gasteiger partial charge in [0, 0.05) is 5.33 Å². The summed E-state index contributed by atoms with van der Waals surface area (Å²) in [6, 6.07) is 10.7. The van der Waals surface area contributed by atoms with E-state index >= 15 is 0 Å². The standard InChI is InChI=1S/C12H17Br/c1-2-11(10-13)8-9-12-6-4-3-5-7-12/h3-7,11H,2,8-10H2,1H3. The average Bonchev–Trinajstić information content (AvgIpc) is 2.21. The molecule has 0 saturated heterocycles. The van der Waals surface area contributed by atoms with Crippen LogP contribution in [0.3, 0.4) is 0 Å². The van der Waals surface area contributed by atoms with Gasteiger partial charge in [0.2, 0.25) is 0 Å². The number of hydrogen-bond acceptors (Lipinski definition) is 0. The Labute approximate surface area is 89.5 Å². The lowest BCUT2D eigenvalue weighted by atomic mass is 9.99. The molecule has 0 aliphatic carbocycles. The molecular formula is C12H17Br. The van der Waals surface area contributed by atoms with Crippen LogP contribution < -0.4 is 0 Å². The predicted octanol–water partition coefficient (Wildman–Crippen LogP) is 4.04. The molecule has 13 heavy (non-hydrogen) atoms. The fraction of sp³-hybridized carbons (Fsp3) is 0.500. The van der Waals surface area contributed by atoms with Crippen LogP contribution in [-0.2, 0) is 6.42 Å². The second kappa shape index (κ2) is 6.20. The lowest BCUT2D eigenvalue weighted by Crippen LogP contribution is -2.01. The summed E-state index contributed by atoms with van der Waals surface area (Å²) >= 11 is 3.55. The first-order valence-electron chi connectivity index (χ1n) is 4.96. The summed E-state index contributed by atoms with van der Waals surface area (Å²) in [7, 11) is 0. The first-order chi connectivity index (χ1) is 6.36. The molecule has 72 valence electrons. The monoisotopic (exact) mass is 240 g/mol. The highest BCUT2D eigenvalue weighted by molar-refractivity contribution is 9.09. The third kappa shape index (κ3) is 3.95. The van der Waals surface area contributed by atoms with Crippen molar-refractivity contribution in [2.45, 2.75) is 26.2 Å². The zero-order chi connectivity index (χ0) is 9.52. The Hall–Kier alpha value is -0.300. The molecule has 0 N–H and O–H groups in total. The van der Waals surface area contributed by atoms with Gasteiger partial charge in [0.1, 0.15) is 0 Å². The number of alkyl halides is 1. The fourth-order valence-corrected chi connectivity index (χ4v) is 2.19. The summed E-state index contributed by atoms with van der Waals surface area (Å²) in [5.41, 5.74) is 1.46. The van der Waals surface area contributed by atoms with Crippen LogP contribution in [0.15, 0.2) is 30.3 Å². The van der Waals surface area contributed by atoms with Crippen molar-refractivity contribution in [2.75, 3.05) is 5.33 Å². The smallest absolute Gasteiger partial charge is 0.00596 e. The van der Waals surface area contributed by atoms with E-state index in [4.69, 9.17) is 0 Å². The van der Waals surface area contributed by atoms with Crippen molar-refractivity contribution in [1.29, 1.82) is 0 Å². The van der Waals surface area contributed by atoms with Gasteiger partial charge in [0.25, 0.3) is 0 Å². The Morgan fingerprint density at radius 2 is 1.92 bits per heavy atom. The minimum Gasteiger partial charge on any atom is -0.0925 e. The van der Waals surface area contributed by atoms with Gasteiger partial charge in [-0.2, -0.15) is 0 Å². The van der Waals surface area contributed by atoms with E-state index in [0.29, 0.717) is 0 Å². The lowest BCUT2D eigenvalue weighted by molar-refractivity contribution is 0.528. The number of halogens is 1. The van der Waals surface area contributed by atoms with Crippen LogP contribution in [0.4, 0.5) is 0 Å². The summed E-state index contributed by atoms with van der Waals surface area (Å²) in [5.74, 6) is 0.834. The van der Waals surface area contributed by atoms with Crippen LogP contribution in [0.1, 0.15) is 25.3 Å². The van der Waals surface area contributed by atoms with E-state index in [9.17, 15) is 0 Å². The van der Waals surface area contributed by atoms with Crippen molar-refractivity contribution in [1.82, 2.24) is 0 Å². The van der Waals surface area contributed by atoms with Crippen LogP contribution in [-0.4, -0.2) is 5.33 Å². The van der Waals surface area contributed by atoms with Crippen LogP contribution in [0.2, 0.25) is 0 Å². The van der Waals surface area contributed by atoms with Gasteiger partial charge < -0.3 is 0 Å². The maximum absolute atomic E-state index is 3.55. The van der Waals surface area contributed by atoms with Crippen molar-refractivity contribution >= 4 is 15.9 Å². The van der Waals surface area contributed by atoms with Gasteiger partial charge in [-0.3, -0.25) is 0 Å². The first-order valence-corrected chi connectivity index (χ1v) is 6.08. The molecule has 1 heteroatoms. The fourth-order valence-electron chi connectivity index (χ4n) is 1.41. The zero-order valence-corrected chi connectivity index (χ0v) is 9.76. The van der Waals surface area contributed by atoms with Crippen molar-refractivity contribution < 1.29 is 0 Å². The van der Waals surface area contributed by atoms with Crippen molar-refractivity contribution in [3.05, 3.63) is 35.9 Å². The van der Waals surface area contributed by atoms with Crippen molar-refractivity contribution in [3.63, 3.8) is 0 Å². The number of hydrogen-bond donors (Lipinski definition) is 0. The molecule has 1 rings (SSSR count). The second-order valence-corrected chi connectivity index (χ2v) is 4.10. The van der Waals surface area contributed by atoms with Gasteiger partial charge in [-0.15, -0.1) is 0 Å². The van der Waals surface area contributed by atoms with E-state index in [2.05, 4.69) is 53.2 Å². The highest BCUT2D eigenvalue weighted by Crippen LogP contribution is 2.14. The molecule has 1 aromatic carbocycles. The van der Waals surface area contributed by atoms with Gasteiger partial charge in [-0.25, -0.2) is 0 Å². The highest BCUT2D eigenvalue weighted by Gasteiger charge is 2.03. The molecule has 0 radical (unpaired) electrons. The second-order valence-electron chi connectivity index (χ2n) is 3.45. The molecule has 0 heterocycles. The topological polar surface area (TPSA) is 0 Å². The van der Waals surface area contributed by atoms with Gasteiger partial charge in [0.05, 0.1) is 0 Å². The van der Waals surface area contributed by atoms with Gasteiger partial charge in [-0.05, 0) is 24.3 Å². The minimum atomic E-state index is 0.834. The molecule has 0 aliphatic rings. The quantitative estimate of drug-likeness (QED) is 0.682.